The molecule has 0 amide bonds. The molecule has 0 saturated heterocycles. The molecule has 0 bridgehead atoms. The van der Waals surface area contributed by atoms with Crippen LogP contribution in [0.4, 0.5) is 11.4 Å². The largest absolute Gasteiger partial charge is 0.397 e. The van der Waals surface area contributed by atoms with Crippen LogP contribution < -0.4 is 5.73 Å². The highest BCUT2D eigenvalue weighted by Crippen LogP contribution is 2.21. The number of aliphatic imine (C=N–C) groups is 1. The van der Waals surface area contributed by atoms with E-state index in [2.05, 4.69) is 11.7 Å². The third kappa shape index (κ3) is 1.16. The van der Waals surface area contributed by atoms with Crippen molar-refractivity contribution in [2.75, 3.05) is 5.73 Å². The predicted molar refractivity (Wildman–Crippen MR) is 44.8 cm³/mol. The van der Waals surface area contributed by atoms with Crippen LogP contribution in [0.5, 0.6) is 0 Å². The quantitative estimate of drug-likeness (QED) is 0.462. The average Bonchev–Trinajstić information content (AvgIpc) is 1.88. The molecule has 2 heteroatoms. The second-order valence-corrected chi connectivity index (χ2v) is 2.22. The molecule has 2 nitrogen and oxygen atoms in total. The van der Waals surface area contributed by atoms with Gasteiger partial charge in [-0.05, 0) is 31.3 Å². The Kier molecular flexibility index (Phi) is 1.71. The van der Waals surface area contributed by atoms with E-state index in [1.807, 2.05) is 25.1 Å². The van der Waals surface area contributed by atoms with Crippen molar-refractivity contribution in [3.8, 4) is 0 Å². The molecule has 0 unspecified atom stereocenters. The van der Waals surface area contributed by atoms with Crippen LogP contribution >= 0.6 is 0 Å². The number of anilines is 1. The molecule has 0 aliphatic heterocycles. The number of nitrogens with zero attached hydrogens (tertiary/aromatic N) is 1. The molecule has 0 spiro atoms. The van der Waals surface area contributed by atoms with Crippen LogP contribution in [0.1, 0.15) is 5.56 Å². The van der Waals surface area contributed by atoms with Gasteiger partial charge in [-0.3, -0.25) is 4.99 Å². The molecule has 0 saturated carbocycles. The summed E-state index contributed by atoms with van der Waals surface area (Å²) in [5.74, 6) is 0. The lowest BCUT2D eigenvalue weighted by molar-refractivity contribution is 1.44. The molecule has 0 heterocycles. The van der Waals surface area contributed by atoms with Crippen molar-refractivity contribution in [3.63, 3.8) is 0 Å². The van der Waals surface area contributed by atoms with E-state index in [0.29, 0.717) is 5.69 Å². The Morgan fingerprint density at radius 1 is 1.50 bits per heavy atom. The zero-order chi connectivity index (χ0) is 7.56. The zero-order valence-electron chi connectivity index (χ0n) is 5.96. The van der Waals surface area contributed by atoms with Crippen molar-refractivity contribution in [1.29, 1.82) is 0 Å². The molecule has 0 aromatic heterocycles. The van der Waals surface area contributed by atoms with Gasteiger partial charge in [-0.2, -0.15) is 0 Å². The number of nitrogens with two attached hydrogens (primary N) is 1. The summed E-state index contributed by atoms with van der Waals surface area (Å²) in [5, 5.41) is 0. The summed E-state index contributed by atoms with van der Waals surface area (Å²) in [6.45, 7) is 5.38. The highest BCUT2D eigenvalue weighted by Gasteiger charge is 1.93. The molecule has 0 aliphatic carbocycles. The highest BCUT2D eigenvalue weighted by molar-refractivity contribution is 5.65. The fourth-order valence-electron chi connectivity index (χ4n) is 0.818. The molecule has 1 aromatic rings. The topological polar surface area (TPSA) is 38.4 Å². The summed E-state index contributed by atoms with van der Waals surface area (Å²) < 4.78 is 0. The van der Waals surface area contributed by atoms with Crippen molar-refractivity contribution in [3.05, 3.63) is 23.8 Å². The summed E-state index contributed by atoms with van der Waals surface area (Å²) in [7, 11) is 0. The van der Waals surface area contributed by atoms with Crippen LogP contribution in [0.3, 0.4) is 0 Å². The van der Waals surface area contributed by atoms with E-state index >= 15 is 0 Å². The molecule has 0 fully saturated rings. The lowest BCUT2D eigenvalue weighted by Gasteiger charge is -1.98. The normalized spacial score (nSPS) is 9.30. The van der Waals surface area contributed by atoms with Crippen molar-refractivity contribution in [1.82, 2.24) is 0 Å². The van der Waals surface area contributed by atoms with Crippen LogP contribution in [-0.4, -0.2) is 6.72 Å². The van der Waals surface area contributed by atoms with E-state index in [-0.39, 0.29) is 0 Å². The van der Waals surface area contributed by atoms with Gasteiger partial charge in [-0.25, -0.2) is 0 Å². The Morgan fingerprint density at radius 3 is 2.70 bits per heavy atom. The monoisotopic (exact) mass is 134 g/mol. The minimum absolute atomic E-state index is 0.690. The number of benzene rings is 1. The standard InChI is InChI=1S/C8H10N2/c1-6-3-4-8(10-2)7(9)5-6/h3-5H,2,9H2,1H3. The average molecular weight is 134 g/mol. The van der Waals surface area contributed by atoms with Gasteiger partial charge < -0.3 is 5.73 Å². The Bertz CT molecular complexity index is 253. The Labute approximate surface area is 60.4 Å². The van der Waals surface area contributed by atoms with Gasteiger partial charge in [0.15, 0.2) is 0 Å². The molecular weight excluding hydrogens is 124 g/mol. The van der Waals surface area contributed by atoms with Crippen molar-refractivity contribution < 1.29 is 0 Å². The number of rotatable bonds is 1. The van der Waals surface area contributed by atoms with Crippen LogP contribution in [0.15, 0.2) is 23.2 Å². The first kappa shape index (κ1) is 6.81. The number of hydrogen-bond acceptors (Lipinski definition) is 2. The van der Waals surface area contributed by atoms with Crippen LogP contribution in [-0.2, 0) is 0 Å². The highest BCUT2D eigenvalue weighted by atomic mass is 14.7. The first-order valence-electron chi connectivity index (χ1n) is 3.07. The summed E-state index contributed by atoms with van der Waals surface area (Å²) in [5.41, 5.74) is 8.19. The molecule has 0 aliphatic rings. The van der Waals surface area contributed by atoms with Crippen molar-refractivity contribution in [2.45, 2.75) is 6.92 Å². The van der Waals surface area contributed by atoms with E-state index in [9.17, 15) is 0 Å². The van der Waals surface area contributed by atoms with Gasteiger partial charge in [0.25, 0.3) is 0 Å². The lowest BCUT2D eigenvalue weighted by atomic mass is 10.2. The smallest absolute Gasteiger partial charge is 0.0851 e. The molecule has 1 rings (SSSR count). The third-order valence-electron chi connectivity index (χ3n) is 1.35. The maximum absolute atomic E-state index is 5.60. The van der Waals surface area contributed by atoms with Gasteiger partial charge in [-0.15, -0.1) is 0 Å². The Balaban J connectivity index is 3.19. The maximum atomic E-state index is 5.60. The van der Waals surface area contributed by atoms with Gasteiger partial charge in [0.2, 0.25) is 0 Å². The van der Waals surface area contributed by atoms with E-state index in [4.69, 9.17) is 5.73 Å². The second-order valence-electron chi connectivity index (χ2n) is 2.22. The number of aryl methyl sites for hydroxylation is 1. The van der Waals surface area contributed by atoms with Crippen LogP contribution in [0.25, 0.3) is 0 Å². The van der Waals surface area contributed by atoms with Gasteiger partial charge in [-0.1, -0.05) is 6.07 Å². The summed E-state index contributed by atoms with van der Waals surface area (Å²) in [6, 6.07) is 5.70. The number of nitrogen functional groups attached to an aromatic ring is 1. The van der Waals surface area contributed by atoms with Gasteiger partial charge in [0.1, 0.15) is 0 Å². The fourth-order valence-corrected chi connectivity index (χ4v) is 0.818. The van der Waals surface area contributed by atoms with E-state index in [1.54, 1.807) is 0 Å². The first-order chi connectivity index (χ1) is 4.74. The predicted octanol–water partition coefficient (Wildman–Crippen LogP) is 1.91. The lowest BCUT2D eigenvalue weighted by Crippen LogP contribution is -1.85. The minimum Gasteiger partial charge on any atom is -0.397 e. The SMILES string of the molecule is C=Nc1ccc(C)cc1N. The third-order valence-corrected chi connectivity index (χ3v) is 1.35. The summed E-state index contributed by atoms with van der Waals surface area (Å²) in [6.07, 6.45) is 0. The van der Waals surface area contributed by atoms with E-state index in [1.165, 1.54) is 0 Å². The van der Waals surface area contributed by atoms with E-state index < -0.39 is 0 Å². The molecule has 0 atom stereocenters. The van der Waals surface area contributed by atoms with Gasteiger partial charge in [0, 0.05) is 0 Å². The van der Waals surface area contributed by atoms with Crippen LogP contribution in [0, 0.1) is 6.92 Å². The van der Waals surface area contributed by atoms with Gasteiger partial charge >= 0.3 is 0 Å². The Morgan fingerprint density at radius 2 is 2.20 bits per heavy atom. The zero-order valence-corrected chi connectivity index (χ0v) is 5.96. The fraction of sp³-hybridized carbons (Fsp3) is 0.125. The van der Waals surface area contributed by atoms with Crippen molar-refractivity contribution in [2.24, 2.45) is 4.99 Å². The van der Waals surface area contributed by atoms with Crippen LogP contribution in [0.2, 0.25) is 0 Å². The molecule has 52 valence electrons. The van der Waals surface area contributed by atoms with Crippen molar-refractivity contribution >= 4 is 18.1 Å². The summed E-state index contributed by atoms with van der Waals surface area (Å²) in [4.78, 5) is 3.74. The second kappa shape index (κ2) is 2.52. The molecule has 2 N–H and O–H groups in total. The number of hydrogen-bond donors (Lipinski definition) is 1. The molecule has 0 radical (unpaired) electrons. The first-order valence-corrected chi connectivity index (χ1v) is 3.07. The molecular formula is C8H10N2. The molecule has 1 aromatic carbocycles. The maximum Gasteiger partial charge on any atom is 0.0851 e. The minimum atomic E-state index is 0.690. The van der Waals surface area contributed by atoms with E-state index in [0.717, 1.165) is 11.3 Å². The Hall–Kier alpha value is -1.31. The molecule has 10 heavy (non-hydrogen) atoms. The van der Waals surface area contributed by atoms with Gasteiger partial charge in [0.05, 0.1) is 11.4 Å². The summed E-state index contributed by atoms with van der Waals surface area (Å²) >= 11 is 0.